The lowest BCUT2D eigenvalue weighted by atomic mass is 9.92. The van der Waals surface area contributed by atoms with E-state index in [-0.39, 0.29) is 11.5 Å². The fraction of sp³-hybridized carbons (Fsp3) is 0.410. The van der Waals surface area contributed by atoms with Crippen LogP contribution in [0.2, 0.25) is 0 Å². The van der Waals surface area contributed by atoms with Crippen LogP contribution in [0.25, 0.3) is 16.8 Å². The van der Waals surface area contributed by atoms with Gasteiger partial charge in [-0.25, -0.2) is 0 Å². The van der Waals surface area contributed by atoms with Gasteiger partial charge in [-0.3, -0.25) is 4.99 Å². The number of aryl methyl sites for hydroxylation is 1. The predicted octanol–water partition coefficient (Wildman–Crippen LogP) is 12.2. The molecule has 5 rings (SSSR count). The van der Waals surface area contributed by atoms with E-state index < -0.39 is 0 Å². The van der Waals surface area contributed by atoms with Crippen molar-refractivity contribution in [3.05, 3.63) is 113 Å². The first-order valence-electron chi connectivity index (χ1n) is 15.7. The maximum Gasteiger partial charge on any atom is 0.0939 e. The van der Waals surface area contributed by atoms with E-state index >= 15 is 0 Å². The third-order valence-corrected chi connectivity index (χ3v) is 6.42. The minimum atomic E-state index is 0.188. The standard InChI is InChI=1S/C18H19N.C14H17N.C3H8.2C2H6/c1-13-8-10-16(15-6-4-3-5-7-15)12-17(13)18-11-9-14(2)19-18;1-14(2,3)13-10-9-12(15-13)11-7-5-4-6-8-11;1-3-2;2*1-2/h3-4,6,8-12,18H,5,7H2,1-2H3;4-10,15H,1-3H3;3H2,1-2H3;2*1-2H3. The van der Waals surface area contributed by atoms with Crippen LogP contribution in [0.15, 0.2) is 96.0 Å². The van der Waals surface area contributed by atoms with Gasteiger partial charge in [0.1, 0.15) is 0 Å². The molecule has 1 aromatic heterocycles. The van der Waals surface area contributed by atoms with E-state index in [0.29, 0.717) is 0 Å². The first-order chi connectivity index (χ1) is 19.7. The Balaban J connectivity index is 0.000000343. The molecule has 2 nitrogen and oxygen atoms in total. The quantitative estimate of drug-likeness (QED) is 0.335. The summed E-state index contributed by atoms with van der Waals surface area (Å²) in [5.74, 6) is 0. The number of rotatable bonds is 3. The van der Waals surface area contributed by atoms with Gasteiger partial charge in [-0.05, 0) is 78.8 Å². The van der Waals surface area contributed by atoms with Crippen molar-refractivity contribution in [2.45, 2.75) is 107 Å². The molecule has 2 aliphatic rings. The summed E-state index contributed by atoms with van der Waals surface area (Å²) in [5.41, 5.74) is 10.5. The Bertz CT molecular complexity index is 1260. The molecule has 1 N–H and O–H groups in total. The lowest BCUT2D eigenvalue weighted by Gasteiger charge is -2.16. The molecule has 222 valence electrons. The van der Waals surface area contributed by atoms with Gasteiger partial charge in [-0.2, -0.15) is 0 Å². The van der Waals surface area contributed by atoms with E-state index in [4.69, 9.17) is 0 Å². The fourth-order valence-electron chi connectivity index (χ4n) is 4.33. The highest BCUT2D eigenvalue weighted by Crippen LogP contribution is 2.31. The van der Waals surface area contributed by atoms with Crippen LogP contribution in [-0.4, -0.2) is 10.7 Å². The molecule has 41 heavy (non-hydrogen) atoms. The summed E-state index contributed by atoms with van der Waals surface area (Å²) < 4.78 is 0. The molecule has 0 radical (unpaired) electrons. The van der Waals surface area contributed by atoms with E-state index in [9.17, 15) is 0 Å². The maximum absolute atomic E-state index is 4.68. The molecule has 1 aliphatic heterocycles. The molecule has 0 bridgehead atoms. The van der Waals surface area contributed by atoms with E-state index in [1.807, 2.05) is 33.8 Å². The normalized spacial score (nSPS) is 15.0. The van der Waals surface area contributed by atoms with E-state index in [1.54, 1.807) is 0 Å². The molecule has 0 saturated heterocycles. The number of nitrogens with one attached hydrogen (secondary N) is 1. The van der Waals surface area contributed by atoms with E-state index in [2.05, 4.69) is 143 Å². The van der Waals surface area contributed by atoms with Crippen molar-refractivity contribution in [1.82, 2.24) is 4.98 Å². The number of nitrogens with zero attached hydrogens (tertiary/aromatic N) is 1. The van der Waals surface area contributed by atoms with Gasteiger partial charge in [0.15, 0.2) is 0 Å². The van der Waals surface area contributed by atoms with Crippen LogP contribution in [0.3, 0.4) is 0 Å². The minimum Gasteiger partial charge on any atom is -0.358 e. The van der Waals surface area contributed by atoms with Crippen molar-refractivity contribution in [1.29, 1.82) is 0 Å². The molecule has 0 spiro atoms. The van der Waals surface area contributed by atoms with Gasteiger partial charge in [-0.1, -0.05) is 136 Å². The summed E-state index contributed by atoms with van der Waals surface area (Å²) in [7, 11) is 0. The highest BCUT2D eigenvalue weighted by atomic mass is 14.8. The van der Waals surface area contributed by atoms with Crippen molar-refractivity contribution in [3.8, 4) is 11.3 Å². The number of allylic oxidation sites excluding steroid dienone is 5. The van der Waals surface area contributed by atoms with Crippen LogP contribution < -0.4 is 0 Å². The summed E-state index contributed by atoms with van der Waals surface area (Å²) >= 11 is 0. The van der Waals surface area contributed by atoms with Crippen molar-refractivity contribution in [2.24, 2.45) is 4.99 Å². The molecule has 1 unspecified atom stereocenters. The molecule has 1 atom stereocenters. The summed E-state index contributed by atoms with van der Waals surface area (Å²) in [5, 5.41) is 0. The van der Waals surface area contributed by atoms with Crippen LogP contribution >= 0.6 is 0 Å². The Hall–Kier alpha value is -3.39. The van der Waals surface area contributed by atoms with Gasteiger partial charge in [0, 0.05) is 22.5 Å². The van der Waals surface area contributed by atoms with Crippen LogP contribution in [0.1, 0.15) is 117 Å². The van der Waals surface area contributed by atoms with Gasteiger partial charge in [0.05, 0.1) is 6.04 Å². The number of aromatic amines is 1. The zero-order valence-corrected chi connectivity index (χ0v) is 27.8. The highest BCUT2D eigenvalue weighted by Gasteiger charge is 2.16. The number of hydrogen-bond acceptors (Lipinski definition) is 1. The SMILES string of the molecule is CC.CC.CC(C)(C)c1ccc(-c2ccccc2)[nH]1.CC1=NC(c2cc(C3=CC=CCC3)ccc2C)C=C1.CCC. The average molecular weight is 553 g/mol. The number of aromatic nitrogens is 1. The maximum atomic E-state index is 4.68. The Morgan fingerprint density at radius 2 is 1.51 bits per heavy atom. The Kier molecular flexibility index (Phi) is 16.4. The van der Waals surface area contributed by atoms with Crippen molar-refractivity contribution in [2.75, 3.05) is 0 Å². The number of aliphatic imine (C=N–C) groups is 1. The molecule has 3 aromatic rings. The Morgan fingerprint density at radius 1 is 0.854 bits per heavy atom. The second kappa shape index (κ2) is 18.9. The van der Waals surface area contributed by atoms with Crippen molar-refractivity contribution >= 4 is 11.3 Å². The monoisotopic (exact) mass is 552 g/mol. The van der Waals surface area contributed by atoms with Crippen LogP contribution in [0, 0.1) is 6.92 Å². The second-order valence-corrected chi connectivity index (χ2v) is 10.9. The molecule has 0 fully saturated rings. The lowest BCUT2D eigenvalue weighted by Crippen LogP contribution is -2.11. The second-order valence-electron chi connectivity index (χ2n) is 10.9. The zero-order valence-electron chi connectivity index (χ0n) is 27.8. The van der Waals surface area contributed by atoms with Gasteiger partial charge in [0.25, 0.3) is 0 Å². The smallest absolute Gasteiger partial charge is 0.0939 e. The van der Waals surface area contributed by atoms with Gasteiger partial charge in [0.2, 0.25) is 0 Å². The van der Waals surface area contributed by atoms with Gasteiger partial charge >= 0.3 is 0 Å². The Morgan fingerprint density at radius 3 is 2.02 bits per heavy atom. The third-order valence-electron chi connectivity index (χ3n) is 6.42. The molecule has 2 heterocycles. The minimum absolute atomic E-state index is 0.188. The molecule has 0 amide bonds. The zero-order chi connectivity index (χ0) is 30.8. The topological polar surface area (TPSA) is 28.1 Å². The lowest BCUT2D eigenvalue weighted by molar-refractivity contribution is 0.573. The first-order valence-corrected chi connectivity index (χ1v) is 15.7. The average Bonchev–Trinajstić information content (AvgIpc) is 3.67. The summed E-state index contributed by atoms with van der Waals surface area (Å²) in [6, 6.07) is 21.7. The number of hydrogen-bond donors (Lipinski definition) is 1. The van der Waals surface area contributed by atoms with E-state index in [1.165, 1.54) is 45.6 Å². The highest BCUT2D eigenvalue weighted by molar-refractivity contribution is 5.95. The summed E-state index contributed by atoms with van der Waals surface area (Å²) in [6.45, 7) is 23.1. The van der Waals surface area contributed by atoms with Crippen LogP contribution in [0.4, 0.5) is 0 Å². The number of H-pyrrole nitrogens is 1. The fourth-order valence-corrected chi connectivity index (χ4v) is 4.33. The molecule has 0 saturated carbocycles. The van der Waals surface area contributed by atoms with Gasteiger partial charge in [-0.15, -0.1) is 0 Å². The molecule has 1 aliphatic carbocycles. The molecular weight excluding hydrogens is 496 g/mol. The predicted molar refractivity (Wildman–Crippen MR) is 186 cm³/mol. The molecular formula is C39H56N2. The van der Waals surface area contributed by atoms with Gasteiger partial charge < -0.3 is 4.98 Å². The molecule has 2 heteroatoms. The summed E-state index contributed by atoms with van der Waals surface area (Å²) in [4.78, 5) is 8.15. The van der Waals surface area contributed by atoms with Crippen molar-refractivity contribution < 1.29 is 0 Å². The summed E-state index contributed by atoms with van der Waals surface area (Å²) in [6.07, 6.45) is 14.5. The number of benzene rings is 2. The van der Waals surface area contributed by atoms with E-state index in [0.717, 1.165) is 18.6 Å². The molecule has 2 aromatic carbocycles. The largest absolute Gasteiger partial charge is 0.358 e. The van der Waals surface area contributed by atoms with Crippen molar-refractivity contribution in [3.63, 3.8) is 0 Å². The third kappa shape index (κ3) is 11.6. The first kappa shape index (κ1) is 35.6. The van der Waals surface area contributed by atoms with Crippen LogP contribution in [0.5, 0.6) is 0 Å². The van der Waals surface area contributed by atoms with Crippen LogP contribution in [-0.2, 0) is 5.41 Å². The Labute approximate surface area is 252 Å².